The Morgan fingerprint density at radius 1 is 0.692 bits per heavy atom. The van der Waals surface area contributed by atoms with E-state index in [-0.39, 0.29) is 10.0 Å². The third-order valence-corrected chi connectivity index (χ3v) is 5.67. The Bertz CT molecular complexity index is 1080. The van der Waals surface area contributed by atoms with E-state index >= 15 is 0 Å². The minimum Gasteiger partial charge on any atom is -0.258 e. The van der Waals surface area contributed by atoms with Crippen molar-refractivity contribution in [2.45, 2.75) is 0 Å². The van der Waals surface area contributed by atoms with Crippen LogP contribution >= 0.6 is 22.7 Å². The third kappa shape index (κ3) is 2.80. The van der Waals surface area contributed by atoms with E-state index in [0.29, 0.717) is 32.2 Å². The van der Waals surface area contributed by atoms with E-state index < -0.39 is 9.85 Å². The maximum atomic E-state index is 11.0. The molecule has 4 aromatic rings. The van der Waals surface area contributed by atoms with Crippen LogP contribution in [0.15, 0.2) is 48.5 Å². The highest BCUT2D eigenvalue weighted by Crippen LogP contribution is 2.40. The summed E-state index contributed by atoms with van der Waals surface area (Å²) in [5, 5.41) is 22.0. The molecule has 3 heterocycles. The van der Waals surface area contributed by atoms with E-state index in [1.54, 1.807) is 24.3 Å². The predicted molar refractivity (Wildman–Crippen MR) is 99.5 cm³/mol. The van der Waals surface area contributed by atoms with Gasteiger partial charge in [-0.15, -0.1) is 0 Å². The second kappa shape index (κ2) is 6.24. The van der Waals surface area contributed by atoms with Crippen molar-refractivity contribution >= 4 is 43.7 Å². The molecule has 3 aromatic heterocycles. The molecule has 0 bridgehead atoms. The molecule has 8 nitrogen and oxygen atoms in total. The molecule has 0 saturated heterocycles. The Morgan fingerprint density at radius 2 is 1.12 bits per heavy atom. The molecule has 0 atom stereocenters. The van der Waals surface area contributed by atoms with Crippen LogP contribution in [-0.4, -0.2) is 19.8 Å². The number of hydrogen-bond donors (Lipinski definition) is 0. The van der Waals surface area contributed by atoms with Crippen LogP contribution in [0.4, 0.5) is 10.0 Å². The van der Waals surface area contributed by atoms with E-state index in [1.807, 2.05) is 12.1 Å². The fourth-order valence-corrected chi connectivity index (χ4v) is 4.07. The molecule has 0 aliphatic carbocycles. The summed E-state index contributed by atoms with van der Waals surface area (Å²) in [6.45, 7) is 0. The molecular formula is C16H8N4O4S2. The van der Waals surface area contributed by atoms with E-state index in [9.17, 15) is 20.2 Å². The number of nitrogens with zero attached hydrogens (tertiary/aromatic N) is 4. The SMILES string of the molecule is O=[N+]([O-])c1ccc(-c2nc3ccccc3nc2-c2ccc([N+](=O)[O-])s2)s1. The highest BCUT2D eigenvalue weighted by atomic mass is 32.1. The van der Waals surface area contributed by atoms with Crippen molar-refractivity contribution in [2.24, 2.45) is 0 Å². The molecule has 128 valence electrons. The van der Waals surface area contributed by atoms with Crippen LogP contribution in [0.1, 0.15) is 0 Å². The Labute approximate surface area is 153 Å². The van der Waals surface area contributed by atoms with Crippen LogP contribution in [0, 0.1) is 20.2 Å². The van der Waals surface area contributed by atoms with Crippen LogP contribution in [0.25, 0.3) is 32.2 Å². The van der Waals surface area contributed by atoms with Crippen molar-refractivity contribution in [3.05, 3.63) is 68.8 Å². The van der Waals surface area contributed by atoms with Crippen molar-refractivity contribution in [3.8, 4) is 21.1 Å². The average molecular weight is 384 g/mol. The van der Waals surface area contributed by atoms with Gasteiger partial charge in [-0.3, -0.25) is 20.2 Å². The lowest BCUT2D eigenvalue weighted by molar-refractivity contribution is -0.380. The molecular weight excluding hydrogens is 376 g/mol. The Morgan fingerprint density at radius 3 is 1.46 bits per heavy atom. The largest absolute Gasteiger partial charge is 0.324 e. The summed E-state index contributed by atoms with van der Waals surface area (Å²) in [4.78, 5) is 31.5. The van der Waals surface area contributed by atoms with Gasteiger partial charge in [0.15, 0.2) is 0 Å². The number of nitro groups is 2. The van der Waals surface area contributed by atoms with Gasteiger partial charge in [-0.05, 0) is 24.3 Å². The second-order valence-electron chi connectivity index (χ2n) is 5.20. The first-order valence-electron chi connectivity index (χ1n) is 7.29. The van der Waals surface area contributed by atoms with Gasteiger partial charge in [0.25, 0.3) is 0 Å². The van der Waals surface area contributed by atoms with Gasteiger partial charge >= 0.3 is 10.0 Å². The van der Waals surface area contributed by atoms with Gasteiger partial charge in [0.2, 0.25) is 0 Å². The summed E-state index contributed by atoms with van der Waals surface area (Å²) in [7, 11) is 0. The standard InChI is InChI=1S/C16H8N4O4S2/c21-19(22)13-7-5-11(25-13)15-16(12-6-8-14(26-12)20(23)24)18-10-4-2-1-3-9(10)17-15/h1-8H. The first-order chi connectivity index (χ1) is 12.5. The van der Waals surface area contributed by atoms with E-state index in [4.69, 9.17) is 0 Å². The number of hydrogen-bond acceptors (Lipinski definition) is 8. The van der Waals surface area contributed by atoms with Gasteiger partial charge in [0.05, 0.1) is 30.6 Å². The number of rotatable bonds is 4. The molecule has 0 fully saturated rings. The first kappa shape index (κ1) is 16.2. The molecule has 0 N–H and O–H groups in total. The van der Waals surface area contributed by atoms with E-state index in [1.165, 1.54) is 12.1 Å². The fraction of sp³-hybridized carbons (Fsp3) is 0. The van der Waals surface area contributed by atoms with Crippen LogP contribution < -0.4 is 0 Å². The third-order valence-electron chi connectivity index (χ3n) is 3.58. The Kier molecular flexibility index (Phi) is 3.90. The highest BCUT2D eigenvalue weighted by Gasteiger charge is 2.21. The zero-order valence-electron chi connectivity index (χ0n) is 12.9. The topological polar surface area (TPSA) is 112 Å². The van der Waals surface area contributed by atoms with Gasteiger partial charge < -0.3 is 0 Å². The molecule has 0 amide bonds. The van der Waals surface area contributed by atoms with Crippen molar-refractivity contribution < 1.29 is 9.85 Å². The summed E-state index contributed by atoms with van der Waals surface area (Å²) >= 11 is 1.99. The molecule has 0 spiro atoms. The maximum Gasteiger partial charge on any atom is 0.324 e. The zero-order valence-corrected chi connectivity index (χ0v) is 14.5. The zero-order chi connectivity index (χ0) is 18.3. The number of fused-ring (bicyclic) bond motifs is 1. The normalized spacial score (nSPS) is 10.9. The number of benzene rings is 1. The number of thiophene rings is 2. The first-order valence-corrected chi connectivity index (χ1v) is 8.92. The number of aromatic nitrogens is 2. The Hall–Kier alpha value is -3.24. The molecule has 0 saturated carbocycles. The molecule has 1 aromatic carbocycles. The Balaban J connectivity index is 1.96. The maximum absolute atomic E-state index is 11.0. The lowest BCUT2D eigenvalue weighted by Gasteiger charge is -2.06. The van der Waals surface area contributed by atoms with Crippen LogP contribution in [0.3, 0.4) is 0 Å². The van der Waals surface area contributed by atoms with Crippen LogP contribution in [0.2, 0.25) is 0 Å². The van der Waals surface area contributed by atoms with Gasteiger partial charge in [-0.2, -0.15) is 0 Å². The van der Waals surface area contributed by atoms with Gasteiger partial charge in [0, 0.05) is 12.1 Å². The monoisotopic (exact) mass is 384 g/mol. The minimum atomic E-state index is -0.460. The van der Waals surface area contributed by atoms with Crippen molar-refractivity contribution in [3.63, 3.8) is 0 Å². The van der Waals surface area contributed by atoms with Gasteiger partial charge in [-0.25, -0.2) is 9.97 Å². The second-order valence-corrected chi connectivity index (χ2v) is 7.32. The number of para-hydroxylation sites is 2. The fourth-order valence-electron chi connectivity index (χ4n) is 2.45. The van der Waals surface area contributed by atoms with Crippen LogP contribution in [0.5, 0.6) is 0 Å². The summed E-state index contributed by atoms with van der Waals surface area (Å²) in [5.74, 6) is 0. The van der Waals surface area contributed by atoms with E-state index in [0.717, 1.165) is 22.7 Å². The molecule has 26 heavy (non-hydrogen) atoms. The van der Waals surface area contributed by atoms with Gasteiger partial charge in [-0.1, -0.05) is 34.8 Å². The molecule has 0 aliphatic rings. The summed E-state index contributed by atoms with van der Waals surface area (Å²) in [6.07, 6.45) is 0. The summed E-state index contributed by atoms with van der Waals surface area (Å²) in [6, 6.07) is 13.3. The van der Waals surface area contributed by atoms with Gasteiger partial charge in [0.1, 0.15) is 11.4 Å². The van der Waals surface area contributed by atoms with Crippen molar-refractivity contribution in [1.82, 2.24) is 9.97 Å². The molecule has 10 heteroatoms. The molecule has 0 unspecified atom stereocenters. The molecule has 0 aliphatic heterocycles. The van der Waals surface area contributed by atoms with Crippen molar-refractivity contribution in [2.75, 3.05) is 0 Å². The molecule has 4 rings (SSSR count). The minimum absolute atomic E-state index is 0.00179. The average Bonchev–Trinajstić information content (AvgIpc) is 3.30. The lowest BCUT2D eigenvalue weighted by atomic mass is 10.2. The highest BCUT2D eigenvalue weighted by molar-refractivity contribution is 7.19. The smallest absolute Gasteiger partial charge is 0.258 e. The quantitative estimate of drug-likeness (QED) is 0.365. The van der Waals surface area contributed by atoms with Crippen molar-refractivity contribution in [1.29, 1.82) is 0 Å². The predicted octanol–water partition coefficient (Wildman–Crippen LogP) is 4.90. The lowest BCUT2D eigenvalue weighted by Crippen LogP contribution is -1.92. The molecule has 0 radical (unpaired) electrons. The summed E-state index contributed by atoms with van der Waals surface area (Å²) < 4.78 is 0. The van der Waals surface area contributed by atoms with Crippen LogP contribution in [-0.2, 0) is 0 Å². The summed E-state index contributed by atoms with van der Waals surface area (Å²) in [5.41, 5.74) is 2.24. The van der Waals surface area contributed by atoms with E-state index in [2.05, 4.69) is 9.97 Å².